The molecule has 4 rings (SSSR count). The lowest BCUT2D eigenvalue weighted by molar-refractivity contribution is -0.140. The molecular formula is C26H34N4O4. The molecule has 2 fully saturated rings. The maximum absolute atomic E-state index is 13.3. The molecule has 1 N–H and O–H groups in total. The van der Waals surface area contributed by atoms with Crippen LogP contribution in [0.4, 0.5) is 0 Å². The molecule has 1 unspecified atom stereocenters. The van der Waals surface area contributed by atoms with Gasteiger partial charge in [-0.25, -0.2) is 0 Å². The Bertz CT molecular complexity index is 1110. The molecule has 2 aromatic rings. The zero-order chi connectivity index (χ0) is 24.4. The number of aliphatic hydroxyl groups is 1. The molecule has 8 heteroatoms. The number of amides is 1. The number of nitrogens with zero attached hydrogens (tertiary/aromatic N) is 4. The summed E-state index contributed by atoms with van der Waals surface area (Å²) in [5.41, 5.74) is 2.69. The van der Waals surface area contributed by atoms with Crippen molar-refractivity contribution in [2.75, 3.05) is 32.8 Å². The van der Waals surface area contributed by atoms with Crippen molar-refractivity contribution in [3.05, 3.63) is 52.4 Å². The average Bonchev–Trinajstić information content (AvgIpc) is 3.24. The van der Waals surface area contributed by atoms with Gasteiger partial charge in [0.05, 0.1) is 29.5 Å². The molecule has 0 spiro atoms. The van der Waals surface area contributed by atoms with Gasteiger partial charge < -0.3 is 19.6 Å². The fraction of sp³-hybridized carbons (Fsp3) is 0.500. The van der Waals surface area contributed by atoms with Gasteiger partial charge in [-0.2, -0.15) is 5.10 Å². The Labute approximate surface area is 200 Å². The van der Waals surface area contributed by atoms with Gasteiger partial charge in [-0.05, 0) is 64.4 Å². The van der Waals surface area contributed by atoms with Gasteiger partial charge >= 0.3 is 0 Å². The number of carbonyl (C=O) groups excluding carboxylic acids is 2. The molecule has 2 saturated heterocycles. The number of piperidine rings is 1. The predicted molar refractivity (Wildman–Crippen MR) is 130 cm³/mol. The SMILES string of the molecule is CCOc1cccc(C2/C(=C(\O)c3c(C)nn(C)c3C)C(=O)C(=O)N2CCN2CCCCC2)c1. The summed E-state index contributed by atoms with van der Waals surface area (Å²) in [6.45, 7) is 9.16. The van der Waals surface area contributed by atoms with Gasteiger partial charge in [-0.1, -0.05) is 18.6 Å². The van der Waals surface area contributed by atoms with E-state index in [1.54, 1.807) is 23.6 Å². The van der Waals surface area contributed by atoms with Crippen LogP contribution in [0.3, 0.4) is 0 Å². The first-order valence-electron chi connectivity index (χ1n) is 12.1. The van der Waals surface area contributed by atoms with Crippen LogP contribution in [-0.4, -0.2) is 69.2 Å². The summed E-state index contributed by atoms with van der Waals surface area (Å²) in [5, 5.41) is 15.8. The fourth-order valence-electron chi connectivity index (χ4n) is 5.08. The number of aliphatic hydroxyl groups excluding tert-OH is 1. The van der Waals surface area contributed by atoms with E-state index in [1.165, 1.54) is 6.42 Å². The summed E-state index contributed by atoms with van der Waals surface area (Å²) in [6.07, 6.45) is 3.53. The molecule has 0 aliphatic carbocycles. The summed E-state index contributed by atoms with van der Waals surface area (Å²) in [5.74, 6) is -0.751. The van der Waals surface area contributed by atoms with Crippen molar-refractivity contribution >= 4 is 17.4 Å². The van der Waals surface area contributed by atoms with Crippen molar-refractivity contribution in [3.8, 4) is 5.75 Å². The number of carbonyl (C=O) groups is 2. The average molecular weight is 467 g/mol. The second-order valence-corrected chi connectivity index (χ2v) is 9.07. The van der Waals surface area contributed by atoms with E-state index < -0.39 is 17.7 Å². The molecular weight excluding hydrogens is 432 g/mol. The highest BCUT2D eigenvalue weighted by atomic mass is 16.5. The molecule has 8 nitrogen and oxygen atoms in total. The molecule has 34 heavy (non-hydrogen) atoms. The Morgan fingerprint density at radius 2 is 1.88 bits per heavy atom. The van der Waals surface area contributed by atoms with Crippen molar-refractivity contribution in [2.24, 2.45) is 7.05 Å². The van der Waals surface area contributed by atoms with Crippen LogP contribution in [0.1, 0.15) is 54.7 Å². The number of aromatic nitrogens is 2. The standard InChI is InChI=1S/C26H34N4O4/c1-5-34-20-11-9-10-19(16-20)23-22(24(31)21-17(2)27-28(4)18(21)3)25(32)26(33)30(23)15-14-29-12-7-6-8-13-29/h9-11,16,23,31H,5-8,12-15H2,1-4H3/b24-22+. The zero-order valence-corrected chi connectivity index (χ0v) is 20.5. The van der Waals surface area contributed by atoms with Crippen LogP contribution in [0.2, 0.25) is 0 Å². The lowest BCUT2D eigenvalue weighted by Crippen LogP contribution is -2.40. The second kappa shape index (κ2) is 10.0. The molecule has 182 valence electrons. The minimum Gasteiger partial charge on any atom is -0.507 e. The number of ether oxygens (including phenoxy) is 1. The molecule has 0 bridgehead atoms. The Morgan fingerprint density at radius 1 is 1.15 bits per heavy atom. The number of hydrogen-bond acceptors (Lipinski definition) is 6. The first-order chi connectivity index (χ1) is 16.3. The van der Waals surface area contributed by atoms with Gasteiger partial charge in [0, 0.05) is 25.8 Å². The normalized spacial score (nSPS) is 20.8. The molecule has 0 radical (unpaired) electrons. The van der Waals surface area contributed by atoms with Crippen LogP contribution in [-0.2, 0) is 16.6 Å². The summed E-state index contributed by atoms with van der Waals surface area (Å²) < 4.78 is 7.35. The van der Waals surface area contributed by atoms with Crippen LogP contribution >= 0.6 is 0 Å². The van der Waals surface area contributed by atoms with Crippen molar-refractivity contribution < 1.29 is 19.4 Å². The fourth-order valence-corrected chi connectivity index (χ4v) is 5.08. The van der Waals surface area contributed by atoms with E-state index in [0.717, 1.165) is 37.2 Å². The highest BCUT2D eigenvalue weighted by Gasteiger charge is 2.46. The zero-order valence-electron chi connectivity index (χ0n) is 20.5. The van der Waals surface area contributed by atoms with Crippen LogP contribution in [0.25, 0.3) is 5.76 Å². The summed E-state index contributed by atoms with van der Waals surface area (Å²) in [6, 6.07) is 6.74. The molecule has 0 saturated carbocycles. The molecule has 1 aromatic heterocycles. The van der Waals surface area contributed by atoms with Crippen LogP contribution in [0.5, 0.6) is 5.75 Å². The van der Waals surface area contributed by atoms with E-state index in [1.807, 2.05) is 38.1 Å². The topological polar surface area (TPSA) is 87.9 Å². The van der Waals surface area contributed by atoms with Crippen molar-refractivity contribution in [2.45, 2.75) is 46.1 Å². The Hall–Kier alpha value is -3.13. The monoisotopic (exact) mass is 466 g/mol. The van der Waals surface area contributed by atoms with E-state index in [2.05, 4.69) is 10.00 Å². The van der Waals surface area contributed by atoms with Gasteiger partial charge in [-0.3, -0.25) is 14.3 Å². The van der Waals surface area contributed by atoms with Gasteiger partial charge in [-0.15, -0.1) is 0 Å². The molecule has 1 atom stereocenters. The maximum atomic E-state index is 13.3. The molecule has 1 amide bonds. The van der Waals surface area contributed by atoms with Crippen LogP contribution in [0, 0.1) is 13.8 Å². The summed E-state index contributed by atoms with van der Waals surface area (Å²) in [4.78, 5) is 30.5. The molecule has 1 aromatic carbocycles. The van der Waals surface area contributed by atoms with Crippen LogP contribution < -0.4 is 4.74 Å². The highest BCUT2D eigenvalue weighted by molar-refractivity contribution is 6.46. The quantitative estimate of drug-likeness (QED) is 0.383. The number of Topliss-reactive ketones (excluding diaryl/α,β-unsaturated/α-hetero) is 1. The minimum atomic E-state index is -0.691. The maximum Gasteiger partial charge on any atom is 0.295 e. The Morgan fingerprint density at radius 3 is 2.53 bits per heavy atom. The third-order valence-electron chi connectivity index (χ3n) is 6.88. The number of rotatable bonds is 7. The number of benzene rings is 1. The summed E-state index contributed by atoms with van der Waals surface area (Å²) in [7, 11) is 1.79. The summed E-state index contributed by atoms with van der Waals surface area (Å²) >= 11 is 0. The number of ketones is 1. The Balaban J connectivity index is 1.79. The first-order valence-corrected chi connectivity index (χ1v) is 12.1. The largest absolute Gasteiger partial charge is 0.507 e. The lowest BCUT2D eigenvalue weighted by Gasteiger charge is -2.31. The van der Waals surface area contributed by atoms with Crippen LogP contribution in [0.15, 0.2) is 29.8 Å². The van der Waals surface area contributed by atoms with E-state index in [0.29, 0.717) is 36.7 Å². The number of likely N-dealkylation sites (tertiary alicyclic amines) is 2. The van der Waals surface area contributed by atoms with Crippen molar-refractivity contribution in [1.29, 1.82) is 0 Å². The van der Waals surface area contributed by atoms with Crippen molar-refractivity contribution in [1.82, 2.24) is 19.6 Å². The van der Waals surface area contributed by atoms with Gasteiger partial charge in [0.1, 0.15) is 11.5 Å². The van der Waals surface area contributed by atoms with E-state index in [4.69, 9.17) is 4.74 Å². The highest BCUT2D eigenvalue weighted by Crippen LogP contribution is 2.41. The molecule has 3 heterocycles. The Kier molecular flexibility index (Phi) is 7.07. The van der Waals surface area contributed by atoms with E-state index in [-0.39, 0.29) is 11.3 Å². The van der Waals surface area contributed by atoms with Gasteiger partial charge in [0.2, 0.25) is 0 Å². The number of hydrogen-bond donors (Lipinski definition) is 1. The van der Waals surface area contributed by atoms with Gasteiger partial charge in [0.25, 0.3) is 11.7 Å². The third-order valence-corrected chi connectivity index (χ3v) is 6.88. The van der Waals surface area contributed by atoms with E-state index in [9.17, 15) is 14.7 Å². The second-order valence-electron chi connectivity index (χ2n) is 9.07. The third kappa shape index (κ3) is 4.46. The predicted octanol–water partition coefficient (Wildman–Crippen LogP) is 3.34. The van der Waals surface area contributed by atoms with Crippen molar-refractivity contribution in [3.63, 3.8) is 0 Å². The van der Waals surface area contributed by atoms with E-state index >= 15 is 0 Å². The molecule has 2 aliphatic rings. The number of aryl methyl sites for hydroxylation is 2. The minimum absolute atomic E-state index is 0.108. The smallest absolute Gasteiger partial charge is 0.295 e. The lowest BCUT2D eigenvalue weighted by atomic mass is 9.94. The molecule has 2 aliphatic heterocycles. The first kappa shape index (κ1) is 24.0. The van der Waals surface area contributed by atoms with Gasteiger partial charge in [0.15, 0.2) is 0 Å².